The Morgan fingerprint density at radius 2 is 1.61 bits per heavy atom. The van der Waals surface area contributed by atoms with Gasteiger partial charge < -0.3 is 8.97 Å². The van der Waals surface area contributed by atoms with Crippen LogP contribution in [0, 0.1) is 0 Å². The lowest BCUT2D eigenvalue weighted by Gasteiger charge is -2.34. The lowest BCUT2D eigenvalue weighted by atomic mass is 10.1. The van der Waals surface area contributed by atoms with Crippen molar-refractivity contribution in [2.75, 3.05) is 48.3 Å². The van der Waals surface area contributed by atoms with Crippen LogP contribution < -0.4 is 0 Å². The van der Waals surface area contributed by atoms with Gasteiger partial charge >= 0.3 is 0 Å². The molecule has 0 spiro atoms. The number of nitrogens with zero attached hydrogens (tertiary/aromatic N) is 2. The normalized spacial score (nSPS) is 12.5. The van der Waals surface area contributed by atoms with Crippen molar-refractivity contribution in [3.63, 3.8) is 0 Å². The van der Waals surface area contributed by atoms with Gasteiger partial charge in [0.2, 0.25) is 0 Å². The van der Waals surface area contributed by atoms with Crippen LogP contribution in [0.2, 0.25) is 0 Å². The van der Waals surface area contributed by atoms with Gasteiger partial charge in [-0.05, 0) is 5.56 Å². The second-order valence-corrected chi connectivity index (χ2v) is 6.73. The number of benzene rings is 1. The van der Waals surface area contributed by atoms with Crippen LogP contribution in [0.1, 0.15) is 11.1 Å². The Balaban J connectivity index is 2.73. The molecule has 0 aliphatic heterocycles. The standard InChI is InChI=1S/C16H28N2/c1-7-15-10-8-9-11-16(15)14-18(5,6)13-12-17(2,3)4/h7-11H,1,12-14H2,2-6H3/q+2. The van der Waals surface area contributed by atoms with Crippen molar-refractivity contribution >= 4 is 6.08 Å². The first-order chi connectivity index (χ1) is 8.23. The molecule has 0 aliphatic carbocycles. The summed E-state index contributed by atoms with van der Waals surface area (Å²) in [5.74, 6) is 0. The molecule has 0 bridgehead atoms. The van der Waals surface area contributed by atoms with Gasteiger partial charge in [0.1, 0.15) is 19.6 Å². The SMILES string of the molecule is C=Cc1ccccc1C[N+](C)(C)CC[N+](C)(C)C. The van der Waals surface area contributed by atoms with E-state index in [1.54, 1.807) is 0 Å². The molecule has 0 saturated carbocycles. The second kappa shape index (κ2) is 5.68. The Labute approximate surface area is 112 Å². The van der Waals surface area contributed by atoms with Crippen LogP contribution in [0.5, 0.6) is 0 Å². The van der Waals surface area contributed by atoms with Crippen LogP contribution in [0.3, 0.4) is 0 Å². The van der Waals surface area contributed by atoms with Crippen molar-refractivity contribution in [1.82, 2.24) is 0 Å². The van der Waals surface area contributed by atoms with Crippen LogP contribution in [0.25, 0.3) is 6.08 Å². The third kappa shape index (κ3) is 5.03. The van der Waals surface area contributed by atoms with E-state index in [-0.39, 0.29) is 0 Å². The summed E-state index contributed by atoms with van der Waals surface area (Å²) in [7, 11) is 11.3. The Bertz CT molecular complexity index is 400. The Hall–Kier alpha value is -1.12. The fourth-order valence-electron chi connectivity index (χ4n) is 1.99. The number of hydrogen-bond donors (Lipinski definition) is 0. The molecule has 0 radical (unpaired) electrons. The molecule has 2 heteroatoms. The smallest absolute Gasteiger partial charge is 0.128 e. The van der Waals surface area contributed by atoms with Crippen LogP contribution in [-0.4, -0.2) is 57.3 Å². The molecule has 0 heterocycles. The molecule has 0 N–H and O–H groups in total. The lowest BCUT2D eigenvalue weighted by Crippen LogP contribution is -2.48. The van der Waals surface area contributed by atoms with Crippen LogP contribution in [0.15, 0.2) is 30.8 Å². The zero-order valence-electron chi connectivity index (χ0n) is 12.6. The minimum Gasteiger partial charge on any atom is -0.326 e. The Morgan fingerprint density at radius 3 is 2.17 bits per heavy atom. The molecule has 0 atom stereocenters. The monoisotopic (exact) mass is 248 g/mol. The summed E-state index contributed by atoms with van der Waals surface area (Å²) in [6.45, 7) is 7.31. The van der Waals surface area contributed by atoms with Gasteiger partial charge in [0.05, 0.1) is 35.2 Å². The van der Waals surface area contributed by atoms with E-state index in [0.29, 0.717) is 0 Å². The van der Waals surface area contributed by atoms with Crippen LogP contribution >= 0.6 is 0 Å². The first kappa shape index (κ1) is 14.9. The highest BCUT2D eigenvalue weighted by Crippen LogP contribution is 2.15. The van der Waals surface area contributed by atoms with E-state index in [1.165, 1.54) is 24.2 Å². The maximum absolute atomic E-state index is 3.90. The summed E-state index contributed by atoms with van der Waals surface area (Å²) in [6, 6.07) is 8.54. The van der Waals surface area contributed by atoms with Gasteiger partial charge in [-0.25, -0.2) is 0 Å². The molecule has 1 aromatic rings. The summed E-state index contributed by atoms with van der Waals surface area (Å²) >= 11 is 0. The molecule has 0 unspecified atom stereocenters. The van der Waals surface area contributed by atoms with Gasteiger partial charge in [-0.3, -0.25) is 0 Å². The van der Waals surface area contributed by atoms with Gasteiger partial charge in [-0.15, -0.1) is 0 Å². The molecule has 0 saturated heterocycles. The van der Waals surface area contributed by atoms with Crippen molar-refractivity contribution < 1.29 is 8.97 Å². The summed E-state index contributed by atoms with van der Waals surface area (Å²) in [5, 5.41) is 0. The lowest BCUT2D eigenvalue weighted by molar-refractivity contribution is -0.945. The van der Waals surface area contributed by atoms with E-state index in [4.69, 9.17) is 0 Å². The number of quaternary nitrogens is 2. The van der Waals surface area contributed by atoms with E-state index >= 15 is 0 Å². The maximum atomic E-state index is 3.90. The largest absolute Gasteiger partial charge is 0.326 e. The van der Waals surface area contributed by atoms with Gasteiger partial charge in [0, 0.05) is 5.56 Å². The fraction of sp³-hybridized carbons (Fsp3) is 0.500. The molecule has 1 rings (SSSR count). The first-order valence-electron chi connectivity index (χ1n) is 6.56. The highest BCUT2D eigenvalue weighted by atomic mass is 15.4. The molecular formula is C16H28N2+2. The predicted octanol–water partition coefficient (Wildman–Crippen LogP) is 2.61. The van der Waals surface area contributed by atoms with E-state index in [0.717, 1.165) is 15.5 Å². The van der Waals surface area contributed by atoms with Gasteiger partial charge in [-0.1, -0.05) is 36.9 Å². The summed E-state index contributed by atoms with van der Waals surface area (Å²) in [6.07, 6.45) is 1.95. The van der Waals surface area contributed by atoms with Gasteiger partial charge in [0.25, 0.3) is 0 Å². The topological polar surface area (TPSA) is 0 Å². The minimum atomic E-state index is 1.01. The molecule has 0 fully saturated rings. The van der Waals surface area contributed by atoms with Crippen molar-refractivity contribution in [2.45, 2.75) is 6.54 Å². The highest BCUT2D eigenvalue weighted by Gasteiger charge is 2.21. The number of rotatable bonds is 6. The third-order valence-electron chi connectivity index (χ3n) is 3.25. The zero-order valence-corrected chi connectivity index (χ0v) is 12.6. The molecule has 100 valence electrons. The van der Waals surface area contributed by atoms with Crippen molar-refractivity contribution in [3.05, 3.63) is 42.0 Å². The van der Waals surface area contributed by atoms with Gasteiger partial charge in [0.15, 0.2) is 0 Å². The average molecular weight is 248 g/mol. The second-order valence-electron chi connectivity index (χ2n) is 6.73. The van der Waals surface area contributed by atoms with Crippen molar-refractivity contribution in [3.8, 4) is 0 Å². The van der Waals surface area contributed by atoms with Crippen LogP contribution in [-0.2, 0) is 6.54 Å². The number of likely N-dealkylation sites (N-methyl/N-ethyl adjacent to an activating group) is 2. The van der Waals surface area contributed by atoms with E-state index in [1.807, 2.05) is 6.08 Å². The van der Waals surface area contributed by atoms with Crippen molar-refractivity contribution in [1.29, 1.82) is 0 Å². The van der Waals surface area contributed by atoms with E-state index < -0.39 is 0 Å². The molecule has 1 aromatic carbocycles. The molecule has 0 aliphatic rings. The summed E-state index contributed by atoms with van der Waals surface area (Å²) in [4.78, 5) is 0. The maximum Gasteiger partial charge on any atom is 0.128 e. The number of hydrogen-bond acceptors (Lipinski definition) is 0. The van der Waals surface area contributed by atoms with Crippen LogP contribution in [0.4, 0.5) is 0 Å². The van der Waals surface area contributed by atoms with Gasteiger partial charge in [-0.2, -0.15) is 0 Å². The molecule has 2 nitrogen and oxygen atoms in total. The summed E-state index contributed by atoms with van der Waals surface area (Å²) < 4.78 is 2.03. The molecule has 0 amide bonds. The fourth-order valence-corrected chi connectivity index (χ4v) is 1.99. The quantitative estimate of drug-likeness (QED) is 0.679. The average Bonchev–Trinajstić information content (AvgIpc) is 2.26. The van der Waals surface area contributed by atoms with E-state index in [9.17, 15) is 0 Å². The Kier molecular flexibility index (Phi) is 4.71. The molecule has 0 aromatic heterocycles. The minimum absolute atomic E-state index is 1.01. The van der Waals surface area contributed by atoms with E-state index in [2.05, 4.69) is 66.1 Å². The molecular weight excluding hydrogens is 220 g/mol. The Morgan fingerprint density at radius 1 is 1.00 bits per heavy atom. The highest BCUT2D eigenvalue weighted by molar-refractivity contribution is 5.51. The zero-order chi connectivity index (χ0) is 13.8. The predicted molar refractivity (Wildman–Crippen MR) is 80.1 cm³/mol. The molecule has 18 heavy (non-hydrogen) atoms. The van der Waals surface area contributed by atoms with Crippen molar-refractivity contribution in [2.24, 2.45) is 0 Å². The summed E-state index contributed by atoms with van der Waals surface area (Å²) in [5.41, 5.74) is 2.65. The first-order valence-corrected chi connectivity index (χ1v) is 6.56. The third-order valence-corrected chi connectivity index (χ3v) is 3.25.